The zero-order chi connectivity index (χ0) is 49.4. The topological polar surface area (TPSA) is 68.3 Å². The van der Waals surface area contributed by atoms with Crippen LogP contribution in [0.3, 0.4) is 0 Å². The van der Waals surface area contributed by atoms with Crippen LogP contribution >= 0.6 is 46.4 Å². The third-order valence-corrected chi connectivity index (χ3v) is 11.3. The predicted octanol–water partition coefficient (Wildman–Crippen LogP) is 13.2. The number of nitrogens with zero attached hydrogens (tertiary/aromatic N) is 3. The summed E-state index contributed by atoms with van der Waals surface area (Å²) in [6.45, 7) is 6.97. The summed E-state index contributed by atoms with van der Waals surface area (Å²) >= 11 is 24.1. The highest BCUT2D eigenvalue weighted by Gasteiger charge is 2.60. The van der Waals surface area contributed by atoms with E-state index < -0.39 is 49.0 Å². The minimum Gasteiger partial charge on any atom is -0.426 e. The third kappa shape index (κ3) is 16.8. The molecule has 1 amide bonds. The number of hydrogen-bond donors (Lipinski definition) is 2. The lowest BCUT2D eigenvalue weighted by Gasteiger charge is -2.44. The highest BCUT2D eigenvalue weighted by molar-refractivity contribution is 6.31. The van der Waals surface area contributed by atoms with Gasteiger partial charge in [-0.2, -0.15) is 52.7 Å². The maximum absolute atomic E-state index is 12.8. The van der Waals surface area contributed by atoms with E-state index >= 15 is 0 Å². The van der Waals surface area contributed by atoms with Crippen molar-refractivity contribution < 1.29 is 67.3 Å². The predicted molar refractivity (Wildman–Crippen MR) is 233 cm³/mol. The average Bonchev–Trinajstić information content (AvgIpc) is 3.22. The van der Waals surface area contributed by atoms with Crippen molar-refractivity contribution in [2.45, 2.75) is 82.4 Å². The number of carbonyl (C=O) groups excluding carboxylic acids is 1. The Labute approximate surface area is 399 Å². The van der Waals surface area contributed by atoms with Crippen molar-refractivity contribution in [3.05, 3.63) is 139 Å². The second kappa shape index (κ2) is 24.2. The molecule has 2 heterocycles. The van der Waals surface area contributed by atoms with Gasteiger partial charge in [-0.15, -0.1) is 0 Å². The van der Waals surface area contributed by atoms with Crippen molar-refractivity contribution in [1.82, 2.24) is 20.0 Å². The first-order chi connectivity index (χ1) is 30.6. The summed E-state index contributed by atoms with van der Waals surface area (Å²) in [4.78, 5) is 17.6. The van der Waals surface area contributed by atoms with Crippen LogP contribution in [-0.2, 0) is 4.74 Å². The number of aliphatic hydroxyl groups excluding tert-OH is 1. The number of rotatable bonds is 7. The second-order valence-corrected chi connectivity index (χ2v) is 16.9. The number of alkyl halides is 12. The van der Waals surface area contributed by atoms with Crippen LogP contribution in [0.2, 0.25) is 20.1 Å². The Hall–Kier alpha value is -3.69. The van der Waals surface area contributed by atoms with Gasteiger partial charge in [-0.05, 0) is 84.6 Å². The van der Waals surface area contributed by atoms with Gasteiger partial charge in [0.25, 0.3) is 6.10 Å². The molecule has 0 spiro atoms. The molecule has 2 saturated heterocycles. The van der Waals surface area contributed by atoms with Gasteiger partial charge in [-0.1, -0.05) is 102 Å². The molecular formula is C44H46Cl4F12N4O3. The fraction of sp³-hybridized carbons (Fsp3) is 0.432. The number of halogens is 16. The number of aliphatic hydroxyl groups is 1. The van der Waals surface area contributed by atoms with E-state index in [0.717, 1.165) is 45.7 Å². The SMILES string of the molecule is C.CC1CN(C(=O)OC(C(F)(F)F)C(F)(F)F)CCN1C(c1ccc(Cl)cc1)c1ccc(Cl)cc1.CC1CNCCN1C(c1ccc(Cl)cc1)c1ccc(Cl)cc1.OC(C(F)(F)F)C(F)(F)F. The van der Waals surface area contributed by atoms with Gasteiger partial charge < -0.3 is 20.1 Å². The number of hydrogen-bond acceptors (Lipinski definition) is 6. The van der Waals surface area contributed by atoms with Gasteiger partial charge >= 0.3 is 30.8 Å². The number of ether oxygens (including phenoxy) is 1. The Morgan fingerprint density at radius 2 is 0.896 bits per heavy atom. The number of benzene rings is 4. The summed E-state index contributed by atoms with van der Waals surface area (Å²) in [5.74, 6) is 0. The van der Waals surface area contributed by atoms with Crippen LogP contribution < -0.4 is 5.32 Å². The molecule has 6 rings (SSSR count). The van der Waals surface area contributed by atoms with Crippen LogP contribution in [0.4, 0.5) is 57.5 Å². The molecule has 4 aromatic carbocycles. The molecule has 0 bridgehead atoms. The molecule has 2 aliphatic rings. The Kier molecular flexibility index (Phi) is 20.8. The summed E-state index contributed by atoms with van der Waals surface area (Å²) in [5.41, 5.74) is 4.26. The van der Waals surface area contributed by atoms with Crippen LogP contribution in [0.15, 0.2) is 97.1 Å². The zero-order valence-electron chi connectivity index (χ0n) is 34.6. The smallest absolute Gasteiger partial charge is 0.426 e. The zero-order valence-corrected chi connectivity index (χ0v) is 37.6. The average molecular weight is 1050 g/mol. The monoisotopic (exact) mass is 1050 g/mol. The van der Waals surface area contributed by atoms with Crippen molar-refractivity contribution in [3.8, 4) is 0 Å². The van der Waals surface area contributed by atoms with Crippen LogP contribution in [0.25, 0.3) is 0 Å². The van der Waals surface area contributed by atoms with E-state index in [-0.39, 0.29) is 39.1 Å². The minimum atomic E-state index is -5.77. The highest BCUT2D eigenvalue weighted by atomic mass is 35.5. The van der Waals surface area contributed by atoms with Crippen LogP contribution in [0.5, 0.6) is 0 Å². The number of amides is 1. The molecule has 0 aromatic heterocycles. The molecular weight excluding hydrogens is 1000 g/mol. The molecule has 2 aliphatic heterocycles. The Bertz CT molecular complexity index is 2010. The molecule has 0 aliphatic carbocycles. The fourth-order valence-corrected chi connectivity index (χ4v) is 7.68. The lowest BCUT2D eigenvalue weighted by Crippen LogP contribution is -2.56. The quantitative estimate of drug-likeness (QED) is 0.180. The lowest BCUT2D eigenvalue weighted by atomic mass is 9.95. The second-order valence-electron chi connectivity index (χ2n) is 15.2. The molecule has 0 saturated carbocycles. The van der Waals surface area contributed by atoms with Crippen LogP contribution in [-0.4, -0.2) is 114 Å². The summed E-state index contributed by atoms with van der Waals surface area (Å²) in [6.07, 6.45) is -32.9. The van der Waals surface area contributed by atoms with Gasteiger partial charge in [0, 0.05) is 71.4 Å². The van der Waals surface area contributed by atoms with Crippen molar-refractivity contribution in [2.24, 2.45) is 0 Å². The lowest BCUT2D eigenvalue weighted by molar-refractivity contribution is -0.309. The number of carbonyl (C=O) groups is 1. The maximum Gasteiger partial charge on any atom is 0.434 e. The summed E-state index contributed by atoms with van der Waals surface area (Å²) in [7, 11) is 0. The molecule has 2 atom stereocenters. The van der Waals surface area contributed by atoms with Gasteiger partial charge in [-0.3, -0.25) is 9.80 Å². The molecule has 7 nitrogen and oxygen atoms in total. The minimum absolute atomic E-state index is 0. The van der Waals surface area contributed by atoms with E-state index in [1.54, 1.807) is 31.2 Å². The van der Waals surface area contributed by atoms with E-state index in [9.17, 15) is 57.5 Å². The molecule has 0 radical (unpaired) electrons. The van der Waals surface area contributed by atoms with Crippen LogP contribution in [0.1, 0.15) is 55.6 Å². The molecule has 372 valence electrons. The summed E-state index contributed by atoms with van der Waals surface area (Å²) in [5, 5.41) is 13.5. The number of piperazine rings is 2. The maximum atomic E-state index is 12.8. The van der Waals surface area contributed by atoms with Gasteiger partial charge in [0.1, 0.15) is 0 Å². The molecule has 2 fully saturated rings. The molecule has 2 unspecified atom stereocenters. The molecule has 2 N–H and O–H groups in total. The summed E-state index contributed by atoms with van der Waals surface area (Å²) in [6, 6.07) is 30.5. The number of nitrogens with one attached hydrogen (secondary N) is 1. The van der Waals surface area contributed by atoms with Crippen molar-refractivity contribution >= 4 is 52.5 Å². The van der Waals surface area contributed by atoms with E-state index in [2.05, 4.69) is 46.1 Å². The van der Waals surface area contributed by atoms with E-state index in [1.165, 1.54) is 11.1 Å². The van der Waals surface area contributed by atoms with Gasteiger partial charge in [0.15, 0.2) is 0 Å². The van der Waals surface area contributed by atoms with Gasteiger partial charge in [-0.25, -0.2) is 4.79 Å². The molecule has 23 heteroatoms. The van der Waals surface area contributed by atoms with Crippen molar-refractivity contribution in [2.75, 3.05) is 39.3 Å². The normalized spacial score (nSPS) is 17.7. The van der Waals surface area contributed by atoms with E-state index in [1.807, 2.05) is 53.4 Å². The largest absolute Gasteiger partial charge is 0.434 e. The highest BCUT2D eigenvalue weighted by Crippen LogP contribution is 2.38. The van der Waals surface area contributed by atoms with E-state index in [4.69, 9.17) is 51.5 Å². The van der Waals surface area contributed by atoms with Gasteiger partial charge in [0.2, 0.25) is 6.10 Å². The van der Waals surface area contributed by atoms with Crippen molar-refractivity contribution in [3.63, 3.8) is 0 Å². The first-order valence-corrected chi connectivity index (χ1v) is 21.2. The molecule has 4 aromatic rings. The Morgan fingerprint density at radius 1 is 0.567 bits per heavy atom. The van der Waals surface area contributed by atoms with E-state index in [0.29, 0.717) is 16.1 Å². The van der Waals surface area contributed by atoms with Crippen molar-refractivity contribution in [1.29, 1.82) is 0 Å². The first kappa shape index (κ1) is 57.6. The first-order valence-electron chi connectivity index (χ1n) is 19.7. The molecule has 67 heavy (non-hydrogen) atoms. The third-order valence-electron chi connectivity index (χ3n) is 10.3. The fourth-order valence-electron chi connectivity index (χ4n) is 7.17. The summed E-state index contributed by atoms with van der Waals surface area (Å²) < 4.78 is 146. The Morgan fingerprint density at radius 3 is 1.16 bits per heavy atom. The standard InChI is InChI=1S/C22H20Cl2F6N2O2.C18H20Cl2N2.C3H2F6O.CH4/c1-13-12-31(20(33)34-19(21(25,26)27)22(28,29)30)10-11-32(13)18(14-2-6-16(23)7-3-14)15-4-8-17(24)9-5-15;1-13-12-21-10-11-22(13)18(14-2-6-16(19)7-3-14)15-4-8-17(20)9-5-15;4-2(5,6)1(10)3(7,8)9;/h2-9,13,18-19H,10-12H2,1H3;2-9,13,18,21H,10-12H2,1H3;1,10H;1H4. The van der Waals surface area contributed by atoms with Gasteiger partial charge in [0.05, 0.1) is 12.1 Å². The Balaban J connectivity index is 0.000000307. The van der Waals surface area contributed by atoms with Crippen LogP contribution in [0, 0.1) is 0 Å².